The summed E-state index contributed by atoms with van der Waals surface area (Å²) in [6, 6.07) is 0.925. The van der Waals surface area contributed by atoms with Gasteiger partial charge in [0, 0.05) is 11.4 Å². The van der Waals surface area contributed by atoms with Gasteiger partial charge < -0.3 is 4.90 Å². The first-order valence-electron chi connectivity index (χ1n) is 8.18. The SMILES string of the molecule is CCN(CCCCCCCCCBr)C1CCCC1. The maximum absolute atomic E-state index is 3.49. The summed E-state index contributed by atoms with van der Waals surface area (Å²) in [6.45, 7) is 4.94. The van der Waals surface area contributed by atoms with E-state index in [1.165, 1.54) is 89.0 Å². The molecule has 1 aliphatic carbocycles. The van der Waals surface area contributed by atoms with Gasteiger partial charge in [0.1, 0.15) is 0 Å². The van der Waals surface area contributed by atoms with Crippen molar-refractivity contribution in [2.75, 3.05) is 18.4 Å². The standard InChI is InChI=1S/C16H32BrN/c1-2-18(16-12-8-9-13-16)15-11-7-5-3-4-6-10-14-17/h16H,2-15H2,1H3. The van der Waals surface area contributed by atoms with Crippen LogP contribution in [0.15, 0.2) is 0 Å². The fourth-order valence-electron chi connectivity index (χ4n) is 3.16. The molecule has 0 amide bonds. The third-order valence-electron chi connectivity index (χ3n) is 4.33. The van der Waals surface area contributed by atoms with Crippen molar-refractivity contribution in [2.24, 2.45) is 0 Å². The van der Waals surface area contributed by atoms with Crippen molar-refractivity contribution in [3.05, 3.63) is 0 Å². The molecule has 0 heterocycles. The Morgan fingerprint density at radius 2 is 1.44 bits per heavy atom. The van der Waals surface area contributed by atoms with Gasteiger partial charge in [0.2, 0.25) is 0 Å². The van der Waals surface area contributed by atoms with Crippen LogP contribution in [0.3, 0.4) is 0 Å². The minimum Gasteiger partial charge on any atom is -0.301 e. The lowest BCUT2D eigenvalue weighted by atomic mass is 10.1. The monoisotopic (exact) mass is 317 g/mol. The second-order valence-electron chi connectivity index (χ2n) is 5.73. The molecule has 1 aliphatic rings. The molecule has 0 aromatic rings. The van der Waals surface area contributed by atoms with Gasteiger partial charge in [0.05, 0.1) is 0 Å². The number of hydrogen-bond acceptors (Lipinski definition) is 1. The third kappa shape index (κ3) is 7.13. The summed E-state index contributed by atoms with van der Waals surface area (Å²) in [7, 11) is 0. The van der Waals surface area contributed by atoms with Gasteiger partial charge in [-0.15, -0.1) is 0 Å². The van der Waals surface area contributed by atoms with Crippen LogP contribution in [0.2, 0.25) is 0 Å². The van der Waals surface area contributed by atoms with Crippen molar-refractivity contribution in [1.29, 1.82) is 0 Å². The van der Waals surface area contributed by atoms with Gasteiger partial charge in [-0.25, -0.2) is 0 Å². The minimum absolute atomic E-state index is 0.925. The molecule has 0 aliphatic heterocycles. The second-order valence-corrected chi connectivity index (χ2v) is 6.52. The van der Waals surface area contributed by atoms with Crippen molar-refractivity contribution in [1.82, 2.24) is 4.90 Å². The molecule has 1 rings (SSSR count). The molecule has 108 valence electrons. The highest BCUT2D eigenvalue weighted by molar-refractivity contribution is 9.09. The molecule has 0 radical (unpaired) electrons. The zero-order chi connectivity index (χ0) is 13.1. The van der Waals surface area contributed by atoms with Crippen molar-refractivity contribution in [2.45, 2.75) is 83.6 Å². The van der Waals surface area contributed by atoms with Gasteiger partial charge >= 0.3 is 0 Å². The summed E-state index contributed by atoms with van der Waals surface area (Å²) in [4.78, 5) is 2.73. The van der Waals surface area contributed by atoms with E-state index in [-0.39, 0.29) is 0 Å². The molecule has 0 aromatic carbocycles. The third-order valence-corrected chi connectivity index (χ3v) is 4.89. The smallest absolute Gasteiger partial charge is 0.00951 e. The highest BCUT2D eigenvalue weighted by Gasteiger charge is 2.20. The fourth-order valence-corrected chi connectivity index (χ4v) is 3.56. The molecule has 0 bridgehead atoms. The average molecular weight is 318 g/mol. The molecule has 0 unspecified atom stereocenters. The van der Waals surface area contributed by atoms with Crippen LogP contribution in [0.4, 0.5) is 0 Å². The van der Waals surface area contributed by atoms with Crippen molar-refractivity contribution in [3.8, 4) is 0 Å². The molecular weight excluding hydrogens is 286 g/mol. The lowest BCUT2D eigenvalue weighted by molar-refractivity contribution is 0.204. The zero-order valence-electron chi connectivity index (χ0n) is 12.3. The van der Waals surface area contributed by atoms with Crippen LogP contribution in [0.1, 0.15) is 77.6 Å². The summed E-state index contributed by atoms with van der Waals surface area (Å²) >= 11 is 3.49. The Labute approximate surface area is 123 Å². The lowest BCUT2D eigenvalue weighted by Gasteiger charge is -2.27. The summed E-state index contributed by atoms with van der Waals surface area (Å²) in [5.41, 5.74) is 0. The summed E-state index contributed by atoms with van der Waals surface area (Å²) < 4.78 is 0. The fraction of sp³-hybridized carbons (Fsp3) is 1.00. The van der Waals surface area contributed by atoms with Crippen molar-refractivity contribution >= 4 is 15.9 Å². The first kappa shape index (κ1) is 16.5. The normalized spacial score (nSPS) is 16.8. The van der Waals surface area contributed by atoms with E-state index in [9.17, 15) is 0 Å². The van der Waals surface area contributed by atoms with Crippen LogP contribution in [0.5, 0.6) is 0 Å². The number of halogens is 1. The molecule has 18 heavy (non-hydrogen) atoms. The van der Waals surface area contributed by atoms with Gasteiger partial charge in [-0.1, -0.05) is 67.8 Å². The zero-order valence-corrected chi connectivity index (χ0v) is 13.9. The molecule has 0 N–H and O–H groups in total. The Bertz CT molecular complexity index is 178. The Hall–Kier alpha value is 0.440. The number of hydrogen-bond donors (Lipinski definition) is 0. The summed E-state index contributed by atoms with van der Waals surface area (Å²) in [5, 5.41) is 1.18. The van der Waals surface area contributed by atoms with Gasteiger partial charge in [0.25, 0.3) is 0 Å². The molecular formula is C16H32BrN. The van der Waals surface area contributed by atoms with Crippen LogP contribution in [-0.2, 0) is 0 Å². The van der Waals surface area contributed by atoms with E-state index < -0.39 is 0 Å². The van der Waals surface area contributed by atoms with Crippen LogP contribution < -0.4 is 0 Å². The molecule has 0 aromatic heterocycles. The van der Waals surface area contributed by atoms with E-state index in [4.69, 9.17) is 0 Å². The van der Waals surface area contributed by atoms with E-state index in [1.807, 2.05) is 0 Å². The molecule has 0 atom stereocenters. The predicted octanol–water partition coefficient (Wildman–Crippen LogP) is 5.38. The maximum Gasteiger partial charge on any atom is 0.00951 e. The maximum atomic E-state index is 3.49. The van der Waals surface area contributed by atoms with E-state index in [0.717, 1.165) is 6.04 Å². The van der Waals surface area contributed by atoms with Crippen LogP contribution in [0.25, 0.3) is 0 Å². The molecule has 2 heteroatoms. The summed E-state index contributed by atoms with van der Waals surface area (Å²) in [6.07, 6.45) is 15.8. The van der Waals surface area contributed by atoms with E-state index >= 15 is 0 Å². The first-order chi connectivity index (χ1) is 8.88. The quantitative estimate of drug-likeness (QED) is 0.365. The lowest BCUT2D eigenvalue weighted by Crippen LogP contribution is -2.33. The topological polar surface area (TPSA) is 3.24 Å². The van der Waals surface area contributed by atoms with Gasteiger partial charge in [-0.05, 0) is 38.8 Å². The van der Waals surface area contributed by atoms with Gasteiger partial charge in [0.15, 0.2) is 0 Å². The molecule has 1 fully saturated rings. The van der Waals surface area contributed by atoms with Gasteiger partial charge in [-0.2, -0.15) is 0 Å². The average Bonchev–Trinajstić information content (AvgIpc) is 2.91. The Morgan fingerprint density at radius 3 is 2.00 bits per heavy atom. The highest BCUT2D eigenvalue weighted by Crippen LogP contribution is 2.23. The van der Waals surface area contributed by atoms with E-state index in [2.05, 4.69) is 27.8 Å². The Kier molecular flexibility index (Phi) is 10.3. The summed E-state index contributed by atoms with van der Waals surface area (Å²) in [5.74, 6) is 0. The largest absolute Gasteiger partial charge is 0.301 e. The van der Waals surface area contributed by atoms with Crippen LogP contribution in [-0.4, -0.2) is 29.4 Å². The highest BCUT2D eigenvalue weighted by atomic mass is 79.9. The van der Waals surface area contributed by atoms with Crippen LogP contribution >= 0.6 is 15.9 Å². The number of nitrogens with zero attached hydrogens (tertiary/aromatic N) is 1. The van der Waals surface area contributed by atoms with E-state index in [0.29, 0.717) is 0 Å². The Balaban J connectivity index is 1.92. The van der Waals surface area contributed by atoms with Crippen molar-refractivity contribution < 1.29 is 0 Å². The minimum atomic E-state index is 0.925. The first-order valence-corrected chi connectivity index (χ1v) is 9.30. The van der Waals surface area contributed by atoms with Gasteiger partial charge in [-0.3, -0.25) is 0 Å². The molecule has 0 spiro atoms. The van der Waals surface area contributed by atoms with E-state index in [1.54, 1.807) is 0 Å². The molecule has 1 nitrogen and oxygen atoms in total. The molecule has 0 saturated heterocycles. The predicted molar refractivity (Wildman–Crippen MR) is 85.6 cm³/mol. The van der Waals surface area contributed by atoms with Crippen LogP contribution in [0, 0.1) is 0 Å². The number of unbranched alkanes of at least 4 members (excludes halogenated alkanes) is 6. The number of rotatable bonds is 11. The Morgan fingerprint density at radius 1 is 0.889 bits per heavy atom. The van der Waals surface area contributed by atoms with Crippen molar-refractivity contribution in [3.63, 3.8) is 0 Å². The second kappa shape index (κ2) is 11.3. The molecule has 1 saturated carbocycles. The number of alkyl halides is 1.